The second kappa shape index (κ2) is 10.5. The Labute approximate surface area is 60.0 Å². The number of aliphatic carboxylic acids is 1. The summed E-state index contributed by atoms with van der Waals surface area (Å²) < 4.78 is 0. The van der Waals surface area contributed by atoms with E-state index in [2.05, 4.69) is 24.9 Å². The Morgan fingerprint density at radius 3 is 2.11 bits per heavy atom. The topological polar surface area (TPSA) is 63.3 Å². The molecule has 0 rings (SSSR count). The molecule has 0 aliphatic carbocycles. The second-order valence-corrected chi connectivity index (χ2v) is 1.43. The molecule has 0 spiro atoms. The molecular weight excluding hydrogens is 138 g/mol. The van der Waals surface area contributed by atoms with Gasteiger partial charge < -0.3 is 10.8 Å². The van der Waals surface area contributed by atoms with Crippen LogP contribution in [0, 0.1) is 0 Å². The Bertz CT molecular complexity index is 85.0. The molecule has 9 heavy (non-hydrogen) atoms. The van der Waals surface area contributed by atoms with Gasteiger partial charge in [-0.25, -0.2) is 0 Å². The molecule has 0 aromatic heterocycles. The van der Waals surface area contributed by atoms with E-state index in [-0.39, 0.29) is 6.54 Å². The maximum atomic E-state index is 9.24. The summed E-state index contributed by atoms with van der Waals surface area (Å²) >= 11 is 3.80. The van der Waals surface area contributed by atoms with Crippen molar-refractivity contribution in [1.29, 1.82) is 0 Å². The van der Waals surface area contributed by atoms with Gasteiger partial charge in [0, 0.05) is 5.75 Å². The predicted octanol–water partition coefficient (Wildman–Crippen LogP) is 0.132. The monoisotopic (exact) mass is 149 g/mol. The summed E-state index contributed by atoms with van der Waals surface area (Å²) in [7, 11) is 0. The number of carboxylic acid groups (broad SMARTS) is 1. The van der Waals surface area contributed by atoms with E-state index in [1.54, 1.807) is 6.08 Å². The van der Waals surface area contributed by atoms with Gasteiger partial charge in [0.25, 0.3) is 0 Å². The van der Waals surface area contributed by atoms with E-state index in [4.69, 9.17) is 5.11 Å². The number of thiol groups is 1. The lowest BCUT2D eigenvalue weighted by Gasteiger charge is -1.73. The predicted molar refractivity (Wildman–Crippen MR) is 40.7 cm³/mol. The molecule has 3 nitrogen and oxygen atoms in total. The lowest BCUT2D eigenvalue weighted by molar-refractivity contribution is -0.135. The maximum absolute atomic E-state index is 9.24. The molecule has 0 saturated carbocycles. The van der Waals surface area contributed by atoms with Gasteiger partial charge in [-0.2, -0.15) is 12.6 Å². The molecule has 0 heterocycles. The van der Waals surface area contributed by atoms with Crippen molar-refractivity contribution in [2.75, 3.05) is 12.3 Å². The van der Waals surface area contributed by atoms with Gasteiger partial charge in [0.2, 0.25) is 0 Å². The smallest absolute Gasteiger partial charge is 0.317 e. The Balaban J connectivity index is 0. The number of nitrogens with two attached hydrogens (primary N) is 1. The summed E-state index contributed by atoms with van der Waals surface area (Å²) in [6.07, 6.45) is 1.74. The zero-order valence-corrected chi connectivity index (χ0v) is 5.97. The first-order chi connectivity index (χ1) is 4.18. The fraction of sp³-hybridized carbons (Fsp3) is 0.400. The number of carboxylic acids is 1. The third kappa shape index (κ3) is 36.1. The third-order valence-corrected chi connectivity index (χ3v) is 0.562. The van der Waals surface area contributed by atoms with E-state index in [1.165, 1.54) is 0 Å². The highest BCUT2D eigenvalue weighted by atomic mass is 32.1. The molecule has 0 aliphatic heterocycles. The summed E-state index contributed by atoms with van der Waals surface area (Å²) in [5, 5.41) is 7.60. The van der Waals surface area contributed by atoms with Crippen molar-refractivity contribution in [3.05, 3.63) is 12.7 Å². The number of hydrogen-bond acceptors (Lipinski definition) is 3. The number of rotatable bonds is 2. The summed E-state index contributed by atoms with van der Waals surface area (Å²) in [5.41, 5.74) is 4.57. The average Bonchev–Trinajstić information content (AvgIpc) is 1.89. The van der Waals surface area contributed by atoms with Crippen molar-refractivity contribution < 1.29 is 9.90 Å². The van der Waals surface area contributed by atoms with Gasteiger partial charge in [0.15, 0.2) is 0 Å². The Hall–Kier alpha value is -0.480. The van der Waals surface area contributed by atoms with Gasteiger partial charge >= 0.3 is 5.97 Å². The quantitative estimate of drug-likeness (QED) is 0.386. The van der Waals surface area contributed by atoms with Gasteiger partial charge in [-0.3, -0.25) is 4.79 Å². The average molecular weight is 149 g/mol. The molecule has 0 aromatic carbocycles. The van der Waals surface area contributed by atoms with Crippen molar-refractivity contribution in [3.63, 3.8) is 0 Å². The number of carbonyl (C=O) groups is 1. The highest BCUT2D eigenvalue weighted by molar-refractivity contribution is 7.80. The fourth-order valence-electron chi connectivity index (χ4n) is 0. The van der Waals surface area contributed by atoms with Crippen molar-refractivity contribution >= 4 is 18.6 Å². The molecule has 0 aromatic rings. The Morgan fingerprint density at radius 1 is 1.89 bits per heavy atom. The highest BCUT2D eigenvalue weighted by Crippen LogP contribution is 1.65. The fourth-order valence-corrected chi connectivity index (χ4v) is 0. The molecule has 0 amide bonds. The molecule has 3 N–H and O–H groups in total. The van der Waals surface area contributed by atoms with E-state index in [9.17, 15) is 4.79 Å². The van der Waals surface area contributed by atoms with Crippen LogP contribution in [0.4, 0.5) is 0 Å². The van der Waals surface area contributed by atoms with Crippen LogP contribution in [0.1, 0.15) is 0 Å². The minimum atomic E-state index is -0.968. The van der Waals surface area contributed by atoms with Gasteiger partial charge in [-0.15, -0.1) is 6.58 Å². The van der Waals surface area contributed by atoms with Gasteiger partial charge in [0.05, 0.1) is 6.54 Å². The minimum Gasteiger partial charge on any atom is -0.480 e. The summed E-state index contributed by atoms with van der Waals surface area (Å²) in [6, 6.07) is 0. The highest BCUT2D eigenvalue weighted by Gasteiger charge is 1.81. The third-order valence-electron chi connectivity index (χ3n) is 0.304. The number of hydrogen-bond donors (Lipinski definition) is 3. The first kappa shape index (κ1) is 11.3. The molecular formula is C5H11NO2S. The van der Waals surface area contributed by atoms with Crippen LogP contribution in [0.3, 0.4) is 0 Å². The van der Waals surface area contributed by atoms with Crippen molar-refractivity contribution in [3.8, 4) is 0 Å². The molecule has 0 radical (unpaired) electrons. The first-order valence-electron chi connectivity index (χ1n) is 2.32. The van der Waals surface area contributed by atoms with Gasteiger partial charge in [-0.1, -0.05) is 6.08 Å². The SMILES string of the molecule is C=CCS.NCC(=O)O. The van der Waals surface area contributed by atoms with E-state index in [0.717, 1.165) is 5.75 Å². The lowest BCUT2D eigenvalue weighted by Crippen LogP contribution is -2.10. The summed E-state index contributed by atoms with van der Waals surface area (Å²) in [6.45, 7) is 3.12. The molecule has 0 aliphatic rings. The Kier molecular flexibility index (Phi) is 13.2. The van der Waals surface area contributed by atoms with E-state index < -0.39 is 5.97 Å². The van der Waals surface area contributed by atoms with Crippen LogP contribution in [-0.4, -0.2) is 23.4 Å². The van der Waals surface area contributed by atoms with Crippen molar-refractivity contribution in [2.24, 2.45) is 5.73 Å². The molecule has 0 bridgehead atoms. The van der Waals surface area contributed by atoms with Crippen LogP contribution in [0.25, 0.3) is 0 Å². The second-order valence-electron chi connectivity index (χ2n) is 1.07. The lowest BCUT2D eigenvalue weighted by atomic mass is 10.7. The van der Waals surface area contributed by atoms with Crippen LogP contribution >= 0.6 is 12.6 Å². The zero-order chi connectivity index (χ0) is 7.70. The normalized spacial score (nSPS) is 6.89. The van der Waals surface area contributed by atoms with Gasteiger partial charge in [-0.05, 0) is 0 Å². The van der Waals surface area contributed by atoms with E-state index in [1.807, 2.05) is 0 Å². The van der Waals surface area contributed by atoms with Crippen molar-refractivity contribution in [2.45, 2.75) is 0 Å². The van der Waals surface area contributed by atoms with E-state index in [0.29, 0.717) is 0 Å². The van der Waals surface area contributed by atoms with Crippen LogP contribution in [-0.2, 0) is 4.79 Å². The summed E-state index contributed by atoms with van der Waals surface area (Å²) in [4.78, 5) is 9.24. The standard InChI is InChI=1S/C3H6S.C2H5NO2/c1-2-3-4;3-1-2(4)5/h2,4H,1,3H2;1,3H2,(H,4,5). The zero-order valence-electron chi connectivity index (χ0n) is 5.08. The summed E-state index contributed by atoms with van der Waals surface area (Å²) in [5.74, 6) is -0.190. The molecule has 54 valence electrons. The molecule has 0 unspecified atom stereocenters. The largest absolute Gasteiger partial charge is 0.480 e. The minimum absolute atomic E-state index is 0.278. The van der Waals surface area contributed by atoms with Crippen LogP contribution in [0.5, 0.6) is 0 Å². The van der Waals surface area contributed by atoms with Crippen molar-refractivity contribution in [1.82, 2.24) is 0 Å². The maximum Gasteiger partial charge on any atom is 0.317 e. The first-order valence-corrected chi connectivity index (χ1v) is 2.95. The molecule has 0 saturated heterocycles. The van der Waals surface area contributed by atoms with Crippen LogP contribution in [0.2, 0.25) is 0 Å². The molecule has 4 heteroatoms. The Morgan fingerprint density at radius 2 is 2.11 bits per heavy atom. The van der Waals surface area contributed by atoms with Gasteiger partial charge in [0.1, 0.15) is 0 Å². The molecule has 0 fully saturated rings. The van der Waals surface area contributed by atoms with Crippen LogP contribution in [0.15, 0.2) is 12.7 Å². The van der Waals surface area contributed by atoms with Crippen LogP contribution < -0.4 is 5.73 Å². The van der Waals surface area contributed by atoms with E-state index >= 15 is 0 Å². The molecule has 0 atom stereocenters.